The van der Waals surface area contributed by atoms with E-state index in [1.165, 1.54) is 6.20 Å². The first-order chi connectivity index (χ1) is 5.75. The number of aromatic hydroxyl groups is 1. The molecule has 4 heteroatoms. The summed E-state index contributed by atoms with van der Waals surface area (Å²) in [5.74, 6) is 0.636. The molecule has 1 rings (SSSR count). The van der Waals surface area contributed by atoms with Crippen LogP contribution in [0.2, 0.25) is 0 Å². The van der Waals surface area contributed by atoms with Crippen LogP contribution in [0.25, 0.3) is 0 Å². The Balaban J connectivity index is 2.79. The fourth-order valence-corrected chi connectivity index (χ4v) is 1.00. The van der Waals surface area contributed by atoms with Gasteiger partial charge in [-0.3, -0.25) is 0 Å². The third-order valence-corrected chi connectivity index (χ3v) is 1.55. The molecule has 1 aromatic heterocycles. The zero-order valence-corrected chi connectivity index (χ0v) is 7.28. The molecule has 0 fully saturated rings. The first-order valence-electron chi connectivity index (χ1n) is 3.89. The summed E-state index contributed by atoms with van der Waals surface area (Å²) in [6.07, 6.45) is 4.80. The van der Waals surface area contributed by atoms with Crippen molar-refractivity contribution in [2.45, 2.75) is 13.3 Å². The van der Waals surface area contributed by atoms with Crippen LogP contribution in [0.5, 0.6) is 5.75 Å². The minimum absolute atomic E-state index is 0.102. The number of hydrogen-bond donors (Lipinski definition) is 1. The van der Waals surface area contributed by atoms with Crippen molar-refractivity contribution in [3.63, 3.8) is 0 Å². The van der Waals surface area contributed by atoms with Crippen LogP contribution in [0.4, 0.5) is 5.82 Å². The molecule has 12 heavy (non-hydrogen) atoms. The van der Waals surface area contributed by atoms with Gasteiger partial charge in [-0.2, -0.15) is 0 Å². The standard InChI is InChI=1S/C8H12N3O/c1-3-4-11(2)8-7(12)5-9-6-10-8/h5,12H,3-4H2,1-2H3. The quantitative estimate of drug-likeness (QED) is 0.722. The van der Waals surface area contributed by atoms with E-state index in [2.05, 4.69) is 23.2 Å². The van der Waals surface area contributed by atoms with Crippen molar-refractivity contribution in [1.29, 1.82) is 0 Å². The summed E-state index contributed by atoms with van der Waals surface area (Å²) in [6.45, 7) is 2.93. The van der Waals surface area contributed by atoms with Gasteiger partial charge in [0.25, 0.3) is 0 Å². The Bertz CT molecular complexity index is 252. The van der Waals surface area contributed by atoms with Gasteiger partial charge in [-0.15, -0.1) is 0 Å². The molecule has 65 valence electrons. The van der Waals surface area contributed by atoms with Gasteiger partial charge < -0.3 is 10.0 Å². The van der Waals surface area contributed by atoms with Gasteiger partial charge in [0, 0.05) is 13.6 Å². The van der Waals surface area contributed by atoms with Crippen LogP contribution in [0.3, 0.4) is 0 Å². The Labute approximate surface area is 71.9 Å². The molecule has 0 aliphatic carbocycles. The van der Waals surface area contributed by atoms with Gasteiger partial charge in [0.1, 0.15) is 0 Å². The molecular weight excluding hydrogens is 154 g/mol. The molecule has 0 unspecified atom stereocenters. The molecule has 0 spiro atoms. The summed E-state index contributed by atoms with van der Waals surface area (Å²) in [6, 6.07) is 0. The fourth-order valence-electron chi connectivity index (χ4n) is 1.00. The van der Waals surface area contributed by atoms with E-state index in [1.807, 2.05) is 11.9 Å². The van der Waals surface area contributed by atoms with Crippen LogP contribution in [-0.4, -0.2) is 28.7 Å². The molecule has 0 aliphatic rings. The van der Waals surface area contributed by atoms with Crippen molar-refractivity contribution in [2.24, 2.45) is 0 Å². The first-order valence-corrected chi connectivity index (χ1v) is 3.89. The SMILES string of the molecule is CCCN(C)c1n[c]ncc1O. The fraction of sp³-hybridized carbons (Fsp3) is 0.500. The Morgan fingerprint density at radius 3 is 3.00 bits per heavy atom. The summed E-state index contributed by atoms with van der Waals surface area (Å²) < 4.78 is 0. The van der Waals surface area contributed by atoms with E-state index >= 15 is 0 Å². The number of aromatic nitrogens is 2. The highest BCUT2D eigenvalue weighted by Gasteiger charge is 2.06. The Morgan fingerprint density at radius 1 is 1.67 bits per heavy atom. The van der Waals surface area contributed by atoms with Gasteiger partial charge in [0.2, 0.25) is 0 Å². The van der Waals surface area contributed by atoms with Gasteiger partial charge in [-0.05, 0) is 6.42 Å². The van der Waals surface area contributed by atoms with Gasteiger partial charge in [-0.1, -0.05) is 6.92 Å². The van der Waals surface area contributed by atoms with Crippen LogP contribution < -0.4 is 4.90 Å². The maximum absolute atomic E-state index is 9.32. The molecule has 0 aliphatic heterocycles. The third kappa shape index (κ3) is 1.84. The van der Waals surface area contributed by atoms with Gasteiger partial charge >= 0.3 is 0 Å². The molecule has 1 radical (unpaired) electrons. The average molecular weight is 166 g/mol. The topological polar surface area (TPSA) is 49.2 Å². The van der Waals surface area contributed by atoms with Crippen molar-refractivity contribution in [2.75, 3.05) is 18.5 Å². The van der Waals surface area contributed by atoms with E-state index in [4.69, 9.17) is 0 Å². The summed E-state index contributed by atoms with van der Waals surface area (Å²) >= 11 is 0. The van der Waals surface area contributed by atoms with Crippen LogP contribution in [0.1, 0.15) is 13.3 Å². The van der Waals surface area contributed by atoms with Crippen molar-refractivity contribution in [3.05, 3.63) is 12.5 Å². The monoisotopic (exact) mass is 166 g/mol. The molecule has 1 N–H and O–H groups in total. The van der Waals surface area contributed by atoms with Crippen molar-refractivity contribution >= 4 is 5.82 Å². The second-order valence-corrected chi connectivity index (χ2v) is 2.60. The van der Waals surface area contributed by atoms with Gasteiger partial charge in [0.15, 0.2) is 17.9 Å². The third-order valence-electron chi connectivity index (χ3n) is 1.55. The molecule has 1 aromatic rings. The minimum Gasteiger partial charge on any atom is -0.503 e. The van der Waals surface area contributed by atoms with E-state index in [0.717, 1.165) is 13.0 Å². The van der Waals surface area contributed by atoms with Gasteiger partial charge in [0.05, 0.1) is 6.20 Å². The smallest absolute Gasteiger partial charge is 0.200 e. The zero-order chi connectivity index (χ0) is 8.97. The van der Waals surface area contributed by atoms with Gasteiger partial charge in [-0.25, -0.2) is 9.97 Å². The number of rotatable bonds is 3. The van der Waals surface area contributed by atoms with Crippen LogP contribution >= 0.6 is 0 Å². The van der Waals surface area contributed by atoms with Crippen molar-refractivity contribution in [3.8, 4) is 5.75 Å². The molecule has 0 atom stereocenters. The lowest BCUT2D eigenvalue weighted by Gasteiger charge is -2.16. The molecule has 0 aromatic carbocycles. The maximum Gasteiger partial charge on any atom is 0.200 e. The van der Waals surface area contributed by atoms with Crippen LogP contribution in [0, 0.1) is 6.33 Å². The lowest BCUT2D eigenvalue weighted by atomic mass is 10.4. The predicted octanol–water partition coefficient (Wildman–Crippen LogP) is 0.829. The summed E-state index contributed by atoms with van der Waals surface area (Å²) in [7, 11) is 1.87. The summed E-state index contributed by atoms with van der Waals surface area (Å²) in [5.41, 5.74) is 0. The predicted molar refractivity (Wildman–Crippen MR) is 46.1 cm³/mol. The average Bonchev–Trinajstić information content (AvgIpc) is 2.05. The number of hydrogen-bond acceptors (Lipinski definition) is 4. The number of nitrogens with zero attached hydrogens (tertiary/aromatic N) is 3. The minimum atomic E-state index is 0.102. The number of anilines is 1. The molecule has 1 heterocycles. The molecule has 0 saturated heterocycles. The normalized spacial score (nSPS) is 9.83. The van der Waals surface area contributed by atoms with E-state index in [9.17, 15) is 5.11 Å². The van der Waals surface area contributed by atoms with E-state index < -0.39 is 0 Å². The second kappa shape index (κ2) is 3.90. The summed E-state index contributed by atoms with van der Waals surface area (Å²) in [5, 5.41) is 9.32. The van der Waals surface area contributed by atoms with E-state index in [-0.39, 0.29) is 5.75 Å². The van der Waals surface area contributed by atoms with E-state index in [0.29, 0.717) is 5.82 Å². The maximum atomic E-state index is 9.32. The van der Waals surface area contributed by atoms with Crippen molar-refractivity contribution in [1.82, 2.24) is 9.97 Å². The highest BCUT2D eigenvalue weighted by atomic mass is 16.3. The van der Waals surface area contributed by atoms with E-state index in [1.54, 1.807) is 0 Å². The highest BCUT2D eigenvalue weighted by molar-refractivity contribution is 5.48. The lowest BCUT2D eigenvalue weighted by molar-refractivity contribution is 0.468. The highest BCUT2D eigenvalue weighted by Crippen LogP contribution is 2.20. The summed E-state index contributed by atoms with van der Waals surface area (Å²) in [4.78, 5) is 9.28. The molecule has 0 saturated carbocycles. The zero-order valence-electron chi connectivity index (χ0n) is 7.28. The molecular formula is C8H12N3O. The molecule has 4 nitrogen and oxygen atoms in total. The lowest BCUT2D eigenvalue weighted by Crippen LogP contribution is -2.19. The molecule has 0 bridgehead atoms. The first kappa shape index (κ1) is 8.77. The van der Waals surface area contributed by atoms with Crippen molar-refractivity contribution < 1.29 is 5.11 Å². The van der Waals surface area contributed by atoms with Crippen LogP contribution in [0.15, 0.2) is 6.20 Å². The Morgan fingerprint density at radius 2 is 2.42 bits per heavy atom. The Hall–Kier alpha value is -1.32. The molecule has 0 amide bonds. The van der Waals surface area contributed by atoms with Crippen LogP contribution in [-0.2, 0) is 0 Å². The Kier molecular flexibility index (Phi) is 2.85. The largest absolute Gasteiger partial charge is 0.503 e. The second-order valence-electron chi connectivity index (χ2n) is 2.60.